The number of non-ortho nitro benzene ring substituents is 1. The first kappa shape index (κ1) is 15.3. The van der Waals surface area contributed by atoms with Crippen LogP contribution in [-0.4, -0.2) is 16.0 Å². The van der Waals surface area contributed by atoms with Gasteiger partial charge in [0, 0.05) is 21.9 Å². The Kier molecular flexibility index (Phi) is 4.50. The zero-order valence-electron chi connectivity index (χ0n) is 10.9. The topological polar surface area (TPSA) is 80.4 Å². The average molecular weight is 324 g/mol. The molecular weight excluding hydrogens is 314 g/mol. The lowest BCUT2D eigenvalue weighted by molar-refractivity contribution is -0.384. The standard InChI is InChI=1S/C14H10ClNO4S/c1-8-2-4-10(7-11(8)14(17)18)21-13-5-3-9(16(19)20)6-12(13)15/h2-7H,1H3,(H,17,18). The second-order valence-corrected chi connectivity index (χ2v) is 5.78. The molecule has 21 heavy (non-hydrogen) atoms. The molecule has 0 unspecified atom stereocenters. The van der Waals surface area contributed by atoms with Crippen LogP contribution in [0.3, 0.4) is 0 Å². The second kappa shape index (κ2) is 6.15. The molecule has 108 valence electrons. The van der Waals surface area contributed by atoms with Crippen LogP contribution in [0.4, 0.5) is 5.69 Å². The highest BCUT2D eigenvalue weighted by Gasteiger charge is 2.12. The molecule has 2 rings (SSSR count). The summed E-state index contributed by atoms with van der Waals surface area (Å²) < 4.78 is 0. The van der Waals surface area contributed by atoms with Crippen molar-refractivity contribution in [2.24, 2.45) is 0 Å². The summed E-state index contributed by atoms with van der Waals surface area (Å²) in [7, 11) is 0. The molecule has 0 amide bonds. The normalized spacial score (nSPS) is 10.4. The molecule has 2 aromatic rings. The number of nitro benzene ring substituents is 1. The fraction of sp³-hybridized carbons (Fsp3) is 0.0714. The number of benzene rings is 2. The van der Waals surface area contributed by atoms with E-state index in [2.05, 4.69) is 0 Å². The number of carboxylic acid groups (broad SMARTS) is 1. The average Bonchev–Trinajstić information content (AvgIpc) is 2.42. The van der Waals surface area contributed by atoms with E-state index >= 15 is 0 Å². The summed E-state index contributed by atoms with van der Waals surface area (Å²) in [4.78, 5) is 22.6. The third-order valence-electron chi connectivity index (χ3n) is 2.79. The third kappa shape index (κ3) is 3.53. The van der Waals surface area contributed by atoms with E-state index in [-0.39, 0.29) is 16.3 Å². The van der Waals surface area contributed by atoms with E-state index in [1.54, 1.807) is 31.2 Å². The number of rotatable bonds is 4. The van der Waals surface area contributed by atoms with Crippen LogP contribution in [0.5, 0.6) is 0 Å². The molecule has 0 aliphatic carbocycles. The Morgan fingerprint density at radius 3 is 2.57 bits per heavy atom. The van der Waals surface area contributed by atoms with Gasteiger partial charge in [-0.25, -0.2) is 4.79 Å². The highest BCUT2D eigenvalue weighted by Crippen LogP contribution is 2.35. The van der Waals surface area contributed by atoms with Crippen molar-refractivity contribution in [1.29, 1.82) is 0 Å². The van der Waals surface area contributed by atoms with Gasteiger partial charge in [-0.1, -0.05) is 29.4 Å². The molecule has 0 spiro atoms. The number of halogens is 1. The Hall–Kier alpha value is -2.05. The van der Waals surface area contributed by atoms with Crippen molar-refractivity contribution in [3.63, 3.8) is 0 Å². The van der Waals surface area contributed by atoms with Crippen LogP contribution < -0.4 is 0 Å². The molecule has 0 aliphatic heterocycles. The van der Waals surface area contributed by atoms with Gasteiger partial charge >= 0.3 is 5.97 Å². The van der Waals surface area contributed by atoms with Crippen molar-refractivity contribution in [2.45, 2.75) is 16.7 Å². The van der Waals surface area contributed by atoms with Gasteiger partial charge in [0.05, 0.1) is 15.5 Å². The number of carbonyl (C=O) groups is 1. The minimum atomic E-state index is -0.996. The lowest BCUT2D eigenvalue weighted by Gasteiger charge is -2.07. The van der Waals surface area contributed by atoms with Gasteiger partial charge in [-0.05, 0) is 30.7 Å². The van der Waals surface area contributed by atoms with E-state index in [1.165, 1.54) is 23.9 Å². The maximum absolute atomic E-state index is 11.1. The first-order chi connectivity index (χ1) is 9.88. The lowest BCUT2D eigenvalue weighted by Crippen LogP contribution is -1.99. The fourth-order valence-corrected chi connectivity index (χ4v) is 2.86. The van der Waals surface area contributed by atoms with E-state index in [1.807, 2.05) is 0 Å². The van der Waals surface area contributed by atoms with Crippen LogP contribution in [-0.2, 0) is 0 Å². The van der Waals surface area contributed by atoms with Crippen LogP contribution in [0.25, 0.3) is 0 Å². The molecule has 2 aromatic carbocycles. The van der Waals surface area contributed by atoms with E-state index in [0.29, 0.717) is 15.4 Å². The molecule has 0 aliphatic rings. The Bertz CT molecular complexity index is 733. The van der Waals surface area contributed by atoms with Crippen molar-refractivity contribution < 1.29 is 14.8 Å². The zero-order valence-corrected chi connectivity index (χ0v) is 12.4. The molecule has 0 atom stereocenters. The fourth-order valence-electron chi connectivity index (χ4n) is 1.71. The summed E-state index contributed by atoms with van der Waals surface area (Å²) in [6.07, 6.45) is 0. The summed E-state index contributed by atoms with van der Waals surface area (Å²) in [5, 5.41) is 20.0. The smallest absolute Gasteiger partial charge is 0.335 e. The van der Waals surface area contributed by atoms with E-state index < -0.39 is 10.9 Å². The Morgan fingerprint density at radius 1 is 1.29 bits per heavy atom. The summed E-state index contributed by atoms with van der Waals surface area (Å²) >= 11 is 7.27. The first-order valence-corrected chi connectivity index (χ1v) is 7.03. The Balaban J connectivity index is 2.32. The largest absolute Gasteiger partial charge is 0.478 e. The molecular formula is C14H10ClNO4S. The van der Waals surface area contributed by atoms with Crippen LogP contribution in [0.2, 0.25) is 5.02 Å². The van der Waals surface area contributed by atoms with Gasteiger partial charge in [-0.2, -0.15) is 0 Å². The predicted octanol–water partition coefficient (Wildman–Crippen LogP) is 4.41. The summed E-state index contributed by atoms with van der Waals surface area (Å²) in [6.45, 7) is 1.72. The highest BCUT2D eigenvalue weighted by atomic mass is 35.5. The summed E-state index contributed by atoms with van der Waals surface area (Å²) in [6, 6.07) is 9.23. The second-order valence-electron chi connectivity index (χ2n) is 4.26. The van der Waals surface area contributed by atoms with Gasteiger partial charge < -0.3 is 5.11 Å². The number of aromatic carboxylic acids is 1. The summed E-state index contributed by atoms with van der Waals surface area (Å²) in [5.74, 6) is -0.996. The maximum atomic E-state index is 11.1. The van der Waals surface area contributed by atoms with Crippen molar-refractivity contribution in [2.75, 3.05) is 0 Å². The molecule has 0 heterocycles. The van der Waals surface area contributed by atoms with Crippen LogP contribution in [0.1, 0.15) is 15.9 Å². The minimum Gasteiger partial charge on any atom is -0.478 e. The SMILES string of the molecule is Cc1ccc(Sc2ccc([N+](=O)[O-])cc2Cl)cc1C(=O)O. The summed E-state index contributed by atoms with van der Waals surface area (Å²) in [5.41, 5.74) is 0.805. The Labute approximate surface area is 129 Å². The lowest BCUT2D eigenvalue weighted by atomic mass is 10.1. The van der Waals surface area contributed by atoms with E-state index in [4.69, 9.17) is 16.7 Å². The molecule has 5 nitrogen and oxygen atoms in total. The van der Waals surface area contributed by atoms with Crippen LogP contribution in [0, 0.1) is 17.0 Å². The van der Waals surface area contributed by atoms with Crippen molar-refractivity contribution in [3.05, 3.63) is 62.7 Å². The first-order valence-electron chi connectivity index (χ1n) is 5.84. The van der Waals surface area contributed by atoms with Gasteiger partial charge in [-0.3, -0.25) is 10.1 Å². The number of aryl methyl sites for hydroxylation is 1. The molecule has 0 fully saturated rings. The van der Waals surface area contributed by atoms with Gasteiger partial charge in [0.2, 0.25) is 0 Å². The van der Waals surface area contributed by atoms with Crippen molar-refractivity contribution >= 4 is 35.0 Å². The number of hydrogen-bond acceptors (Lipinski definition) is 4. The van der Waals surface area contributed by atoms with Gasteiger partial charge in [0.25, 0.3) is 5.69 Å². The molecule has 0 aromatic heterocycles. The Morgan fingerprint density at radius 2 is 2.00 bits per heavy atom. The molecule has 0 saturated heterocycles. The maximum Gasteiger partial charge on any atom is 0.335 e. The number of nitrogens with zero attached hydrogens (tertiary/aromatic N) is 1. The third-order valence-corrected chi connectivity index (χ3v) is 4.28. The van der Waals surface area contributed by atoms with E-state index in [0.717, 1.165) is 0 Å². The van der Waals surface area contributed by atoms with Gasteiger partial charge in [0.15, 0.2) is 0 Å². The molecule has 1 N–H and O–H groups in total. The van der Waals surface area contributed by atoms with E-state index in [9.17, 15) is 14.9 Å². The molecule has 0 saturated carbocycles. The van der Waals surface area contributed by atoms with Gasteiger partial charge in [0.1, 0.15) is 0 Å². The zero-order chi connectivity index (χ0) is 15.6. The number of hydrogen-bond donors (Lipinski definition) is 1. The van der Waals surface area contributed by atoms with Crippen LogP contribution in [0.15, 0.2) is 46.2 Å². The van der Waals surface area contributed by atoms with Crippen LogP contribution >= 0.6 is 23.4 Å². The molecule has 7 heteroatoms. The monoisotopic (exact) mass is 323 g/mol. The highest BCUT2D eigenvalue weighted by molar-refractivity contribution is 7.99. The predicted molar refractivity (Wildman–Crippen MR) is 80.4 cm³/mol. The molecule has 0 bridgehead atoms. The van der Waals surface area contributed by atoms with Crippen molar-refractivity contribution in [3.8, 4) is 0 Å². The van der Waals surface area contributed by atoms with Crippen molar-refractivity contribution in [1.82, 2.24) is 0 Å². The number of carboxylic acids is 1. The molecule has 0 radical (unpaired) electrons. The minimum absolute atomic E-state index is 0.0838. The number of nitro groups is 1. The quantitative estimate of drug-likeness (QED) is 0.666. The van der Waals surface area contributed by atoms with Gasteiger partial charge in [-0.15, -0.1) is 0 Å².